The van der Waals surface area contributed by atoms with Crippen LogP contribution in [0.5, 0.6) is 5.75 Å². The number of aliphatic hydroxyl groups excluding tert-OH is 4. The molecule has 2 bridgehead atoms. The van der Waals surface area contributed by atoms with Crippen molar-refractivity contribution in [2.45, 2.75) is 200 Å². The highest BCUT2D eigenvalue weighted by Crippen LogP contribution is 2.46. The summed E-state index contributed by atoms with van der Waals surface area (Å²) in [5.74, 6) is -8.00. The Morgan fingerprint density at radius 1 is 0.949 bits per heavy atom. The van der Waals surface area contributed by atoms with Crippen LogP contribution < -0.4 is 21.4 Å². The molecule has 18 nitrogen and oxygen atoms in total. The number of benzene rings is 1. The van der Waals surface area contributed by atoms with Crippen LogP contribution >= 0.6 is 0 Å². The van der Waals surface area contributed by atoms with Gasteiger partial charge in [0, 0.05) is 67.9 Å². The summed E-state index contributed by atoms with van der Waals surface area (Å²) in [7, 11) is 0. The Morgan fingerprint density at radius 3 is 2.34 bits per heavy atom. The fourth-order valence-electron chi connectivity index (χ4n) is 11.4. The lowest BCUT2D eigenvalue weighted by Gasteiger charge is -2.56. The minimum atomic E-state index is -1.47. The largest absolute Gasteiger partial charge is 0.508 e. The zero-order chi connectivity index (χ0) is 58.5. The van der Waals surface area contributed by atoms with Crippen molar-refractivity contribution >= 4 is 35.4 Å². The van der Waals surface area contributed by atoms with Gasteiger partial charge >= 0.3 is 5.97 Å². The van der Waals surface area contributed by atoms with E-state index in [2.05, 4.69) is 21.4 Å². The number of rotatable bonds is 15. The molecule has 1 aromatic rings. The Morgan fingerprint density at radius 2 is 1.67 bits per heavy atom. The number of phenols is 1. The number of carbonyl (C=O) groups excluding carboxylic acids is 6. The molecule has 4 aliphatic heterocycles. The summed E-state index contributed by atoms with van der Waals surface area (Å²) in [6.45, 7) is 18.0. The van der Waals surface area contributed by atoms with Gasteiger partial charge in [-0.25, -0.2) is 9.82 Å². The number of fused-ring (bicyclic) bond motifs is 2. The number of esters is 1. The monoisotopic (exact) mass is 1110 g/mol. The number of nitrogens with zero attached hydrogens (tertiary/aromatic N) is 1. The first-order chi connectivity index (χ1) is 37.3. The first kappa shape index (κ1) is 64.5. The van der Waals surface area contributed by atoms with Gasteiger partial charge in [0.1, 0.15) is 47.3 Å². The molecule has 79 heavy (non-hydrogen) atoms. The number of hydrazine groups is 1. The second-order valence-electron chi connectivity index (χ2n) is 23.3. The number of phenolic OH excluding ortho intramolecular Hbond substituents is 1. The minimum Gasteiger partial charge on any atom is -0.508 e. The van der Waals surface area contributed by atoms with Crippen molar-refractivity contribution < 1.29 is 68.2 Å². The molecule has 9 N–H and O–H groups in total. The van der Waals surface area contributed by atoms with Crippen molar-refractivity contribution in [3.05, 3.63) is 77.7 Å². The fraction of sp³-hybridized carbons (Fsp3) is 0.667. The number of carbonyl (C=O) groups is 6. The zero-order valence-corrected chi connectivity index (χ0v) is 47.9. The Labute approximate surface area is 466 Å². The lowest BCUT2D eigenvalue weighted by molar-refractivity contribution is -0.267. The van der Waals surface area contributed by atoms with E-state index in [0.29, 0.717) is 44.1 Å². The number of hydrogen-bond acceptors (Lipinski definition) is 14. The SMILES string of the molecule is CC[C@H]1C[C@H](C)[C@@]2(NC1=O)O[C@@H](C[C@H](O)[C@@H](C)CCC=CC=C(C)[C@@H]1CC=CC=C[C@H](O)[C@H](C)[C@@H](O)[C@@H](CCC(C)=O)C(=O)N[C@@H](C(C)C)C(=O)N[C@@H](Cc3cc(O)cc(F)c3)C(=O)N3CCCC(N3)C(=O)O1)[C@H](C)[C@H](O)[C@@H]2C. The average Bonchev–Trinajstić information content (AvgIpc) is 3.45. The maximum atomic E-state index is 14.6. The van der Waals surface area contributed by atoms with Crippen LogP contribution in [0.1, 0.15) is 139 Å². The van der Waals surface area contributed by atoms with Crippen molar-refractivity contribution in [2.75, 3.05) is 6.54 Å². The predicted octanol–water partition coefficient (Wildman–Crippen LogP) is 5.55. The Bertz CT molecular complexity index is 2380. The molecule has 19 heteroatoms. The predicted molar refractivity (Wildman–Crippen MR) is 295 cm³/mol. The van der Waals surface area contributed by atoms with Gasteiger partial charge in [0.05, 0.1) is 36.4 Å². The van der Waals surface area contributed by atoms with Crippen LogP contribution in [0.3, 0.4) is 0 Å². The number of aromatic hydroxyl groups is 1. The summed E-state index contributed by atoms with van der Waals surface area (Å²) in [5.41, 5.74) is 2.81. The van der Waals surface area contributed by atoms with Crippen LogP contribution in [-0.4, -0.2) is 133 Å². The lowest BCUT2D eigenvalue weighted by Crippen LogP contribution is -2.71. The quantitative estimate of drug-likeness (QED) is 0.0771. The minimum absolute atomic E-state index is 0.0347. The van der Waals surface area contributed by atoms with Crippen LogP contribution in [-0.2, 0) is 44.7 Å². The molecule has 3 fully saturated rings. The normalized spacial score (nSPS) is 33.8. The standard InChI is InChI=1S/C60H90FN5O13/c1-11-42-27-36(6)60(64-55(42)73)40(10)53(71)39(9)51(79-60)32-49(70)34(4)19-14-12-15-20-35(5)50-23-17-13-16-22-48(69)38(8)54(72)45(25-24-37(7)67)56(74)63-52(33(2)3)57(75)62-47(30-41-28-43(61)31-44(68)29-41)58(76)66-26-18-21-46(65-66)59(77)78-50/h12-13,15-17,20,22,28-29,31,33-34,36,38-40,42,45-54,65,68-72H,11,14,18-19,21,23-27,30,32H2,1-10H3,(H,62,75)(H,63,74)(H,64,73)/t34-,36-,38-,39-,40-,42-,45+,46?,47-,48-,49-,50-,51-,52-,53-,54+,60+/m0/s1. The van der Waals surface area contributed by atoms with Crippen molar-refractivity contribution in [1.29, 1.82) is 0 Å². The van der Waals surface area contributed by atoms with Gasteiger partial charge < -0.3 is 55.8 Å². The summed E-state index contributed by atoms with van der Waals surface area (Å²) >= 11 is 0. The first-order valence-electron chi connectivity index (χ1n) is 28.5. The molecule has 1 aromatic carbocycles. The number of ether oxygens (including phenoxy) is 2. The summed E-state index contributed by atoms with van der Waals surface area (Å²) in [5, 5.41) is 65.7. The third-order valence-electron chi connectivity index (χ3n) is 16.9. The average molecular weight is 1110 g/mol. The molecule has 1 unspecified atom stereocenters. The van der Waals surface area contributed by atoms with E-state index >= 15 is 0 Å². The maximum absolute atomic E-state index is 14.6. The molecular weight excluding hydrogens is 1020 g/mol. The topological polar surface area (TPSA) is 273 Å². The molecule has 440 valence electrons. The van der Waals surface area contributed by atoms with Gasteiger partial charge in [0.2, 0.25) is 17.7 Å². The van der Waals surface area contributed by atoms with Crippen molar-refractivity contribution in [3.63, 3.8) is 0 Å². The summed E-state index contributed by atoms with van der Waals surface area (Å²) < 4.78 is 27.5. The second-order valence-corrected chi connectivity index (χ2v) is 23.3. The second kappa shape index (κ2) is 29.4. The molecule has 0 saturated carbocycles. The van der Waals surface area contributed by atoms with E-state index in [-0.39, 0.29) is 85.5 Å². The third kappa shape index (κ3) is 17.1. The highest BCUT2D eigenvalue weighted by atomic mass is 19.1. The number of allylic oxidation sites excluding steroid dienone is 5. The molecule has 0 aliphatic carbocycles. The van der Waals surface area contributed by atoms with Crippen LogP contribution in [0.15, 0.2) is 66.3 Å². The van der Waals surface area contributed by atoms with E-state index in [1.807, 2.05) is 59.8 Å². The van der Waals surface area contributed by atoms with Gasteiger partial charge in [0.15, 0.2) is 0 Å². The van der Waals surface area contributed by atoms with Gasteiger partial charge in [-0.1, -0.05) is 97.9 Å². The van der Waals surface area contributed by atoms with E-state index in [1.165, 1.54) is 24.1 Å². The number of piperidine rings is 1. The van der Waals surface area contributed by atoms with Crippen molar-refractivity contribution in [3.8, 4) is 5.75 Å². The number of ketones is 1. The van der Waals surface area contributed by atoms with Crippen LogP contribution in [0.25, 0.3) is 0 Å². The molecule has 4 aliphatic rings. The van der Waals surface area contributed by atoms with Crippen LogP contribution in [0.2, 0.25) is 0 Å². The molecular formula is C60H90FN5O13. The molecule has 17 atom stereocenters. The first-order valence-corrected chi connectivity index (χ1v) is 28.5. The van der Waals surface area contributed by atoms with Gasteiger partial charge in [-0.15, -0.1) is 0 Å². The number of halogens is 1. The Kier molecular flexibility index (Phi) is 24.0. The molecule has 4 heterocycles. The van der Waals surface area contributed by atoms with Crippen LogP contribution in [0, 0.1) is 53.2 Å². The number of hydrogen-bond donors (Lipinski definition) is 9. The Balaban J connectivity index is 1.36. The molecule has 0 radical (unpaired) electrons. The third-order valence-corrected chi connectivity index (χ3v) is 16.9. The van der Waals surface area contributed by atoms with Crippen molar-refractivity contribution in [1.82, 2.24) is 26.4 Å². The molecule has 5 rings (SSSR count). The lowest BCUT2D eigenvalue weighted by atomic mass is 9.69. The van der Waals surface area contributed by atoms with Gasteiger partial charge in [-0.3, -0.25) is 29.0 Å². The fourth-order valence-corrected chi connectivity index (χ4v) is 11.4. The smallest absolute Gasteiger partial charge is 0.325 e. The van der Waals surface area contributed by atoms with Crippen LogP contribution in [0.4, 0.5) is 4.39 Å². The van der Waals surface area contributed by atoms with Gasteiger partial charge in [0.25, 0.3) is 5.91 Å². The zero-order valence-electron chi connectivity index (χ0n) is 47.9. The highest BCUT2D eigenvalue weighted by molar-refractivity contribution is 5.93. The number of amides is 4. The number of aliphatic hydroxyl groups is 4. The molecule has 3 saturated heterocycles. The number of cyclic esters (lactones) is 1. The maximum Gasteiger partial charge on any atom is 0.325 e. The molecule has 4 amide bonds. The van der Waals surface area contributed by atoms with Gasteiger partial charge in [-0.05, 0) is 93.9 Å². The van der Waals surface area contributed by atoms with Crippen molar-refractivity contribution in [2.24, 2.45) is 47.3 Å². The van der Waals surface area contributed by atoms with E-state index in [9.17, 15) is 58.7 Å². The molecule has 1 spiro atoms. The number of Topliss-reactive ketones (excluding diaryl/α,β-unsaturated/α-hetero) is 1. The summed E-state index contributed by atoms with van der Waals surface area (Å²) in [4.78, 5) is 82.2. The van der Waals surface area contributed by atoms with E-state index in [4.69, 9.17) is 9.47 Å². The van der Waals surface area contributed by atoms with E-state index < -0.39 is 113 Å². The summed E-state index contributed by atoms with van der Waals surface area (Å²) in [6.07, 6.45) is 9.81. The summed E-state index contributed by atoms with van der Waals surface area (Å²) in [6, 6.07) is -0.408. The van der Waals surface area contributed by atoms with Gasteiger partial charge in [-0.2, -0.15) is 0 Å². The Hall–Kier alpha value is -5.31. The van der Waals surface area contributed by atoms with E-state index in [1.54, 1.807) is 39.0 Å². The number of nitrogens with one attached hydrogen (secondary N) is 4. The highest BCUT2D eigenvalue weighted by Gasteiger charge is 2.57. The van der Waals surface area contributed by atoms with E-state index in [0.717, 1.165) is 12.1 Å². The molecule has 0 aromatic heterocycles.